The predicted molar refractivity (Wildman–Crippen MR) is 58.4 cm³/mol. The summed E-state index contributed by atoms with van der Waals surface area (Å²) in [6.07, 6.45) is 0.966. The molecule has 0 aromatic carbocycles. The SMILES string of the molecule is CCCn1c(C)cc(C)c(CN)c1=O. The van der Waals surface area contributed by atoms with Crippen LogP contribution in [0.15, 0.2) is 10.9 Å². The third kappa shape index (κ3) is 1.87. The van der Waals surface area contributed by atoms with Gasteiger partial charge in [0.25, 0.3) is 5.56 Å². The average molecular weight is 194 g/mol. The molecule has 0 radical (unpaired) electrons. The Labute approximate surface area is 84.6 Å². The van der Waals surface area contributed by atoms with Crippen molar-refractivity contribution >= 4 is 0 Å². The van der Waals surface area contributed by atoms with Gasteiger partial charge in [-0.3, -0.25) is 4.79 Å². The number of nitrogens with two attached hydrogens (primary N) is 1. The molecule has 1 aromatic heterocycles. The smallest absolute Gasteiger partial charge is 0.255 e. The maximum absolute atomic E-state index is 11.9. The molecule has 0 aliphatic rings. The Bertz CT molecular complexity index is 380. The Hall–Kier alpha value is -1.09. The summed E-state index contributed by atoms with van der Waals surface area (Å²) in [6.45, 7) is 7.07. The first-order chi connectivity index (χ1) is 6.61. The molecule has 0 saturated heterocycles. The number of aromatic nitrogens is 1. The largest absolute Gasteiger partial charge is 0.326 e. The lowest BCUT2D eigenvalue weighted by Crippen LogP contribution is -2.28. The molecule has 0 saturated carbocycles. The summed E-state index contributed by atoms with van der Waals surface area (Å²) in [5.74, 6) is 0. The zero-order valence-electron chi connectivity index (χ0n) is 9.13. The highest BCUT2D eigenvalue weighted by molar-refractivity contribution is 5.25. The summed E-state index contributed by atoms with van der Waals surface area (Å²) in [6, 6.07) is 2.03. The Kier molecular flexibility index (Phi) is 3.47. The summed E-state index contributed by atoms with van der Waals surface area (Å²) in [5, 5.41) is 0. The van der Waals surface area contributed by atoms with Crippen molar-refractivity contribution in [1.82, 2.24) is 4.57 Å². The Balaban J connectivity index is 3.36. The second kappa shape index (κ2) is 4.42. The number of rotatable bonds is 3. The van der Waals surface area contributed by atoms with Crippen LogP contribution in [0.1, 0.15) is 30.2 Å². The number of aryl methyl sites for hydroxylation is 2. The van der Waals surface area contributed by atoms with Crippen molar-refractivity contribution in [3.05, 3.63) is 33.2 Å². The van der Waals surface area contributed by atoms with Crippen LogP contribution >= 0.6 is 0 Å². The molecule has 14 heavy (non-hydrogen) atoms. The van der Waals surface area contributed by atoms with E-state index >= 15 is 0 Å². The van der Waals surface area contributed by atoms with Crippen molar-refractivity contribution in [3.8, 4) is 0 Å². The van der Waals surface area contributed by atoms with Crippen LogP contribution in [-0.4, -0.2) is 4.57 Å². The summed E-state index contributed by atoms with van der Waals surface area (Å²) >= 11 is 0. The molecule has 78 valence electrons. The first-order valence-electron chi connectivity index (χ1n) is 5.01. The third-order valence-corrected chi connectivity index (χ3v) is 2.48. The van der Waals surface area contributed by atoms with Crippen molar-refractivity contribution in [2.24, 2.45) is 5.73 Å². The molecule has 3 nitrogen and oxygen atoms in total. The van der Waals surface area contributed by atoms with Crippen LogP contribution < -0.4 is 11.3 Å². The van der Waals surface area contributed by atoms with Gasteiger partial charge < -0.3 is 10.3 Å². The third-order valence-electron chi connectivity index (χ3n) is 2.48. The molecular formula is C11H18N2O. The van der Waals surface area contributed by atoms with E-state index in [2.05, 4.69) is 6.92 Å². The fourth-order valence-corrected chi connectivity index (χ4v) is 1.72. The molecule has 1 heterocycles. The highest BCUT2D eigenvalue weighted by atomic mass is 16.1. The molecule has 0 unspecified atom stereocenters. The zero-order valence-corrected chi connectivity index (χ0v) is 9.13. The minimum absolute atomic E-state index is 0.0758. The van der Waals surface area contributed by atoms with Crippen molar-refractivity contribution in [2.45, 2.75) is 40.3 Å². The van der Waals surface area contributed by atoms with Gasteiger partial charge in [0.2, 0.25) is 0 Å². The molecule has 1 aromatic rings. The first-order valence-corrected chi connectivity index (χ1v) is 5.01. The van der Waals surface area contributed by atoms with E-state index in [-0.39, 0.29) is 5.56 Å². The minimum atomic E-state index is 0.0758. The maximum Gasteiger partial charge on any atom is 0.255 e. The van der Waals surface area contributed by atoms with E-state index in [0.29, 0.717) is 6.54 Å². The van der Waals surface area contributed by atoms with Gasteiger partial charge in [-0.05, 0) is 31.9 Å². The molecule has 0 atom stereocenters. The van der Waals surface area contributed by atoms with Crippen LogP contribution in [0.4, 0.5) is 0 Å². The molecule has 0 spiro atoms. The number of hydrogen-bond acceptors (Lipinski definition) is 2. The Morgan fingerprint density at radius 3 is 2.57 bits per heavy atom. The van der Waals surface area contributed by atoms with E-state index in [1.165, 1.54) is 0 Å². The summed E-state index contributed by atoms with van der Waals surface area (Å²) in [7, 11) is 0. The summed E-state index contributed by atoms with van der Waals surface area (Å²) < 4.78 is 1.80. The topological polar surface area (TPSA) is 48.0 Å². The van der Waals surface area contributed by atoms with Gasteiger partial charge in [0, 0.05) is 24.3 Å². The van der Waals surface area contributed by atoms with Crippen LogP contribution in [0.5, 0.6) is 0 Å². The zero-order chi connectivity index (χ0) is 10.7. The van der Waals surface area contributed by atoms with Crippen LogP contribution in [0, 0.1) is 13.8 Å². The fourth-order valence-electron chi connectivity index (χ4n) is 1.72. The highest BCUT2D eigenvalue weighted by Crippen LogP contribution is 2.05. The van der Waals surface area contributed by atoms with E-state index in [9.17, 15) is 4.79 Å². The van der Waals surface area contributed by atoms with Crippen molar-refractivity contribution in [2.75, 3.05) is 0 Å². The Morgan fingerprint density at radius 1 is 1.43 bits per heavy atom. The molecule has 1 rings (SSSR count). The van der Waals surface area contributed by atoms with Gasteiger partial charge in [0.1, 0.15) is 0 Å². The molecular weight excluding hydrogens is 176 g/mol. The second-order valence-electron chi connectivity index (χ2n) is 3.61. The lowest BCUT2D eigenvalue weighted by molar-refractivity contribution is 0.626. The number of nitrogens with zero attached hydrogens (tertiary/aromatic N) is 1. The van der Waals surface area contributed by atoms with Gasteiger partial charge in [-0.2, -0.15) is 0 Å². The molecule has 0 aliphatic heterocycles. The van der Waals surface area contributed by atoms with E-state index in [4.69, 9.17) is 5.73 Å². The summed E-state index contributed by atoms with van der Waals surface area (Å²) in [4.78, 5) is 11.9. The second-order valence-corrected chi connectivity index (χ2v) is 3.61. The lowest BCUT2D eigenvalue weighted by Gasteiger charge is -2.12. The molecule has 0 bridgehead atoms. The van der Waals surface area contributed by atoms with Crippen LogP contribution in [0.3, 0.4) is 0 Å². The molecule has 0 fully saturated rings. The maximum atomic E-state index is 11.9. The van der Waals surface area contributed by atoms with E-state index in [1.807, 2.05) is 19.9 Å². The average Bonchev–Trinajstić information content (AvgIpc) is 2.12. The van der Waals surface area contributed by atoms with Crippen LogP contribution in [0.25, 0.3) is 0 Å². The Morgan fingerprint density at radius 2 is 2.07 bits per heavy atom. The van der Waals surface area contributed by atoms with Gasteiger partial charge in [-0.15, -0.1) is 0 Å². The standard InChI is InChI=1S/C11H18N2O/c1-4-5-13-9(3)6-8(2)10(7-12)11(13)14/h6H,4-5,7,12H2,1-3H3. The van der Waals surface area contributed by atoms with Crippen molar-refractivity contribution in [3.63, 3.8) is 0 Å². The highest BCUT2D eigenvalue weighted by Gasteiger charge is 2.07. The van der Waals surface area contributed by atoms with Crippen molar-refractivity contribution < 1.29 is 0 Å². The predicted octanol–water partition coefficient (Wildman–Crippen LogP) is 1.33. The quantitative estimate of drug-likeness (QED) is 0.789. The molecule has 2 N–H and O–H groups in total. The monoisotopic (exact) mass is 194 g/mol. The number of pyridine rings is 1. The van der Waals surface area contributed by atoms with Crippen molar-refractivity contribution in [1.29, 1.82) is 0 Å². The molecule has 3 heteroatoms. The van der Waals surface area contributed by atoms with E-state index in [0.717, 1.165) is 29.8 Å². The fraction of sp³-hybridized carbons (Fsp3) is 0.545. The van der Waals surface area contributed by atoms with Gasteiger partial charge in [-0.1, -0.05) is 6.92 Å². The first kappa shape index (κ1) is 11.0. The van der Waals surface area contributed by atoms with Gasteiger partial charge in [0.15, 0.2) is 0 Å². The van der Waals surface area contributed by atoms with Gasteiger partial charge in [-0.25, -0.2) is 0 Å². The minimum Gasteiger partial charge on any atom is -0.326 e. The molecule has 0 amide bonds. The lowest BCUT2D eigenvalue weighted by atomic mass is 10.1. The van der Waals surface area contributed by atoms with Gasteiger partial charge in [0.05, 0.1) is 0 Å². The van der Waals surface area contributed by atoms with Crippen LogP contribution in [-0.2, 0) is 13.1 Å². The number of hydrogen-bond donors (Lipinski definition) is 1. The van der Waals surface area contributed by atoms with E-state index < -0.39 is 0 Å². The molecule has 0 aliphatic carbocycles. The van der Waals surface area contributed by atoms with Crippen LogP contribution in [0.2, 0.25) is 0 Å². The normalized spacial score (nSPS) is 10.6. The van der Waals surface area contributed by atoms with Gasteiger partial charge >= 0.3 is 0 Å². The van der Waals surface area contributed by atoms with E-state index in [1.54, 1.807) is 4.57 Å². The summed E-state index contributed by atoms with van der Waals surface area (Å²) in [5.41, 5.74) is 8.39.